The molecular weight excluding hydrogens is 1050 g/mol. The number of aliphatic carboxylic acids is 2. The number of aliphatic hydroxyl groups excluding tert-OH is 1. The Kier molecular flexibility index (Phi) is 25.4. The minimum atomic E-state index is -5.08. The van der Waals surface area contributed by atoms with Crippen molar-refractivity contribution in [2.45, 2.75) is 136 Å². The Morgan fingerprint density at radius 2 is 1.41 bits per heavy atom. The van der Waals surface area contributed by atoms with Gasteiger partial charge in [0.15, 0.2) is 0 Å². The van der Waals surface area contributed by atoms with Crippen molar-refractivity contribution in [2.24, 2.45) is 17.1 Å². The molecule has 0 radical (unpaired) electrons. The zero-order valence-corrected chi connectivity index (χ0v) is 44.9. The Balaban J connectivity index is 0.00000219. The van der Waals surface area contributed by atoms with Crippen molar-refractivity contribution in [1.29, 1.82) is 0 Å². The molecule has 20 nitrogen and oxygen atoms in total. The number of carbonyl (C=O) groups is 9. The van der Waals surface area contributed by atoms with Crippen LogP contribution in [0, 0.1) is 23.0 Å². The molecule has 79 heavy (non-hydrogen) atoms. The molecule has 1 aromatic heterocycles. The average molecular weight is 1120 g/mol. The third kappa shape index (κ3) is 21.0. The topological polar surface area (TPSA) is 300 Å². The number of nitrogens with one attached hydrogen (secondary N) is 4. The molecule has 434 valence electrons. The second kappa shape index (κ2) is 30.6. The number of aliphatic hydroxyl groups is 1. The van der Waals surface area contributed by atoms with Crippen molar-refractivity contribution in [3.8, 4) is 11.1 Å². The first-order valence-electron chi connectivity index (χ1n) is 25.6. The SMILES string of the molecule is CC(C)[C@H](NC(=O)CCCCCN1C(=O)C=CC1=O)C(=O)N[C@@H](C)C(=O)N[C@@H](CCCCNC(=O)[C@@H](N)CCN(C(=O)CO)[C@@H](c1cc(-c2cc(F)ccc2F)cn1Cc1ccccc1)C(C)(C)C)C(=O)O.O=C(O)C(F)(F)F. The second-order valence-electron chi connectivity index (χ2n) is 20.3. The molecule has 7 amide bonds. The first-order valence-corrected chi connectivity index (χ1v) is 25.6. The molecule has 4 rings (SSSR count). The van der Waals surface area contributed by atoms with E-state index < -0.39 is 102 Å². The number of hydrogen-bond acceptors (Lipinski definition) is 11. The highest BCUT2D eigenvalue weighted by Crippen LogP contribution is 2.41. The van der Waals surface area contributed by atoms with Crippen molar-refractivity contribution in [3.05, 3.63) is 95.8 Å². The number of hydrogen-bond donors (Lipinski definition) is 8. The summed E-state index contributed by atoms with van der Waals surface area (Å²) < 4.78 is 63.1. The number of imide groups is 1. The Morgan fingerprint density at radius 1 is 0.772 bits per heavy atom. The third-order valence-electron chi connectivity index (χ3n) is 12.5. The number of carboxylic acid groups (broad SMARTS) is 2. The van der Waals surface area contributed by atoms with Crippen LogP contribution in [0.5, 0.6) is 0 Å². The normalized spacial score (nSPS) is 14.3. The molecule has 1 aliphatic rings. The maximum Gasteiger partial charge on any atom is 0.490 e. The van der Waals surface area contributed by atoms with Crippen molar-refractivity contribution >= 4 is 53.3 Å². The van der Waals surface area contributed by atoms with Crippen molar-refractivity contribution in [2.75, 3.05) is 26.2 Å². The van der Waals surface area contributed by atoms with E-state index in [-0.39, 0.29) is 68.6 Å². The highest BCUT2D eigenvalue weighted by molar-refractivity contribution is 6.12. The van der Waals surface area contributed by atoms with E-state index in [4.69, 9.17) is 15.6 Å². The van der Waals surface area contributed by atoms with Crippen LogP contribution < -0.4 is 27.0 Å². The van der Waals surface area contributed by atoms with Crippen LogP contribution in [0.3, 0.4) is 0 Å². The zero-order valence-electron chi connectivity index (χ0n) is 44.9. The van der Waals surface area contributed by atoms with Crippen LogP contribution in [0.4, 0.5) is 22.0 Å². The number of alkyl halides is 3. The summed E-state index contributed by atoms with van der Waals surface area (Å²) in [7, 11) is 0. The van der Waals surface area contributed by atoms with Crippen LogP contribution in [-0.2, 0) is 49.7 Å². The Morgan fingerprint density at radius 3 is 1.97 bits per heavy atom. The van der Waals surface area contributed by atoms with Gasteiger partial charge in [-0.2, -0.15) is 13.2 Å². The van der Waals surface area contributed by atoms with E-state index in [2.05, 4.69) is 21.3 Å². The van der Waals surface area contributed by atoms with Gasteiger partial charge in [-0.25, -0.2) is 18.4 Å². The smallest absolute Gasteiger partial charge is 0.480 e. The van der Waals surface area contributed by atoms with Crippen molar-refractivity contribution in [3.63, 3.8) is 0 Å². The fraction of sp³-hybridized carbons (Fsp3) is 0.500. The van der Waals surface area contributed by atoms with Crippen LogP contribution in [0.25, 0.3) is 11.1 Å². The number of halogens is 5. The summed E-state index contributed by atoms with van der Waals surface area (Å²) in [4.78, 5) is 113. The lowest BCUT2D eigenvalue weighted by molar-refractivity contribution is -0.192. The van der Waals surface area contributed by atoms with Gasteiger partial charge in [-0.05, 0) is 86.6 Å². The highest BCUT2D eigenvalue weighted by Gasteiger charge is 2.39. The van der Waals surface area contributed by atoms with E-state index in [1.807, 2.05) is 55.7 Å². The highest BCUT2D eigenvalue weighted by atomic mass is 19.4. The molecule has 0 saturated carbocycles. The summed E-state index contributed by atoms with van der Waals surface area (Å²) in [5.41, 5.74) is 7.54. The first-order chi connectivity index (χ1) is 37.0. The van der Waals surface area contributed by atoms with Gasteiger partial charge in [0.2, 0.25) is 29.5 Å². The summed E-state index contributed by atoms with van der Waals surface area (Å²) in [6, 6.07) is 9.00. The monoisotopic (exact) mass is 1120 g/mol. The average Bonchev–Trinajstić information content (AvgIpc) is 3.94. The molecule has 9 N–H and O–H groups in total. The van der Waals surface area contributed by atoms with Gasteiger partial charge in [0.05, 0.1) is 12.1 Å². The molecule has 2 aromatic carbocycles. The number of amides is 7. The molecule has 3 aromatic rings. The van der Waals surface area contributed by atoms with E-state index in [1.54, 1.807) is 26.1 Å². The Bertz CT molecular complexity index is 2620. The minimum Gasteiger partial charge on any atom is -0.480 e. The predicted molar refractivity (Wildman–Crippen MR) is 278 cm³/mol. The molecule has 0 aliphatic carbocycles. The molecular formula is C54H71F5N8O12. The number of aromatic nitrogens is 1. The van der Waals surface area contributed by atoms with E-state index >= 15 is 4.39 Å². The van der Waals surface area contributed by atoms with Gasteiger partial charge < -0.3 is 51.8 Å². The summed E-state index contributed by atoms with van der Waals surface area (Å²) in [5.74, 6) is -9.40. The quantitative estimate of drug-likeness (QED) is 0.0278. The fourth-order valence-electron chi connectivity index (χ4n) is 8.41. The number of carbonyl (C=O) groups excluding carboxylic acids is 7. The standard InChI is InChI=1S/C52H70F2N8O10.C2HF3O2/c1-32(2)46(59-42(64)18-11-8-14-25-61-43(65)21-22-44(61)66)50(70)57-33(3)48(68)58-40(51(71)72)17-12-13-24-56-49(69)39(55)23-26-62(45(67)31-63)47(52(4,5)6)41-27-35(37-28-36(53)19-20-38(37)54)30-60(41)29-34-15-9-7-10-16-34;3-2(4,5)1(6)7/h7,9-10,15-16,19-22,27-28,30,32-33,39-40,46-47,63H,8,11-14,17-18,23-26,29,31,55H2,1-6H3,(H,56,69)(H,57,70)(H,58,68)(H,59,64)(H,71,72);(H,6,7)/t33-,39-,40-,46-,47-;/m0./s1. The van der Waals surface area contributed by atoms with Crippen LogP contribution in [0.1, 0.15) is 110 Å². The van der Waals surface area contributed by atoms with E-state index in [0.29, 0.717) is 43.5 Å². The van der Waals surface area contributed by atoms with Gasteiger partial charge in [0.1, 0.15) is 36.4 Å². The molecule has 5 atom stereocenters. The van der Waals surface area contributed by atoms with Gasteiger partial charge in [0, 0.05) is 67.8 Å². The van der Waals surface area contributed by atoms with Crippen LogP contribution in [-0.4, -0.2) is 140 Å². The summed E-state index contributed by atoms with van der Waals surface area (Å²) in [6.45, 7) is 10.3. The first kappa shape index (κ1) is 65.7. The molecule has 0 bridgehead atoms. The lowest BCUT2D eigenvalue weighted by Gasteiger charge is -2.41. The number of nitrogens with two attached hydrogens (primary N) is 1. The number of nitrogens with zero attached hydrogens (tertiary/aromatic N) is 3. The summed E-state index contributed by atoms with van der Waals surface area (Å²) >= 11 is 0. The number of carboxylic acids is 2. The molecule has 0 saturated heterocycles. The zero-order chi connectivity index (χ0) is 59.4. The lowest BCUT2D eigenvalue weighted by Crippen LogP contribution is -2.56. The molecule has 0 unspecified atom stereocenters. The van der Waals surface area contributed by atoms with Crippen LogP contribution in [0.15, 0.2) is 72.9 Å². The molecule has 25 heteroatoms. The second-order valence-corrected chi connectivity index (χ2v) is 20.3. The molecule has 1 aliphatic heterocycles. The molecule has 2 heterocycles. The molecule has 0 fully saturated rings. The maximum absolute atomic E-state index is 15.1. The minimum absolute atomic E-state index is 0.0120. The van der Waals surface area contributed by atoms with Gasteiger partial charge >= 0.3 is 18.1 Å². The number of rotatable bonds is 28. The van der Waals surface area contributed by atoms with Gasteiger partial charge in [-0.15, -0.1) is 0 Å². The number of unbranched alkanes of at least 4 members (excludes halogenated alkanes) is 3. The Labute approximate surface area is 454 Å². The third-order valence-corrected chi connectivity index (χ3v) is 12.5. The van der Waals surface area contributed by atoms with Crippen molar-refractivity contribution < 1.29 is 80.4 Å². The van der Waals surface area contributed by atoms with E-state index in [0.717, 1.165) is 28.7 Å². The summed E-state index contributed by atoms with van der Waals surface area (Å²) in [5, 5.41) is 37.6. The Hall–Kier alpha value is -7.54. The van der Waals surface area contributed by atoms with Gasteiger partial charge in [0.25, 0.3) is 11.8 Å². The lowest BCUT2D eigenvalue weighted by atomic mass is 9.82. The van der Waals surface area contributed by atoms with E-state index in [1.165, 1.54) is 24.0 Å². The number of benzene rings is 2. The van der Waals surface area contributed by atoms with Gasteiger partial charge in [-0.3, -0.25) is 38.5 Å². The van der Waals surface area contributed by atoms with Crippen molar-refractivity contribution in [1.82, 2.24) is 35.6 Å². The largest absolute Gasteiger partial charge is 0.490 e. The van der Waals surface area contributed by atoms with Crippen LogP contribution >= 0.6 is 0 Å². The fourth-order valence-corrected chi connectivity index (χ4v) is 8.41. The van der Waals surface area contributed by atoms with Gasteiger partial charge in [-0.1, -0.05) is 71.4 Å². The molecule has 0 spiro atoms. The predicted octanol–water partition coefficient (Wildman–Crippen LogP) is 4.73. The maximum atomic E-state index is 15.1. The van der Waals surface area contributed by atoms with E-state index in [9.17, 15) is 66.1 Å². The van der Waals surface area contributed by atoms with Crippen LogP contribution in [0.2, 0.25) is 0 Å². The summed E-state index contributed by atoms with van der Waals surface area (Å²) in [6.07, 6.45) is 1.18.